The number of hydrogen-bond acceptors (Lipinski definition) is 1. The average molecular weight is 131 g/mol. The van der Waals surface area contributed by atoms with Gasteiger partial charge in [-0.2, -0.15) is 5.10 Å². The third-order valence-corrected chi connectivity index (χ3v) is 1.60. The minimum atomic E-state index is 1.05. The van der Waals surface area contributed by atoms with E-state index in [9.17, 15) is 0 Å². The Hall–Kier alpha value is -1.31. The summed E-state index contributed by atoms with van der Waals surface area (Å²) in [5.74, 6) is 0. The van der Waals surface area contributed by atoms with E-state index >= 15 is 0 Å². The maximum Gasteiger partial charge on any atom is 0.0669 e. The lowest BCUT2D eigenvalue weighted by Gasteiger charge is -1.84. The normalized spacial score (nSPS) is 10.5. The Kier molecular flexibility index (Phi) is 1.01. The molecule has 2 aromatic rings. The molecule has 1 N–H and O–H groups in total. The standard InChI is InChI=1S/C8H7N2/c1-6-7-4-2-3-5-8(7)10-9-6/h2,4-5H,1H3,(H,9,10). The molecule has 0 amide bonds. The van der Waals surface area contributed by atoms with Crippen LogP contribution in [-0.2, 0) is 0 Å². The summed E-state index contributed by atoms with van der Waals surface area (Å²) in [4.78, 5) is 0. The van der Waals surface area contributed by atoms with Crippen LogP contribution in [0.3, 0.4) is 0 Å². The predicted octanol–water partition coefficient (Wildman–Crippen LogP) is 1.67. The summed E-state index contributed by atoms with van der Waals surface area (Å²) in [6, 6.07) is 8.78. The molecule has 49 valence electrons. The fourth-order valence-corrected chi connectivity index (χ4v) is 1.04. The van der Waals surface area contributed by atoms with Gasteiger partial charge in [-0.25, -0.2) is 0 Å². The van der Waals surface area contributed by atoms with Gasteiger partial charge < -0.3 is 0 Å². The zero-order valence-corrected chi connectivity index (χ0v) is 5.68. The number of hydrogen-bond donors (Lipinski definition) is 1. The first-order valence-electron chi connectivity index (χ1n) is 3.19. The molecule has 1 aromatic heterocycles. The van der Waals surface area contributed by atoms with Gasteiger partial charge in [0.25, 0.3) is 0 Å². The minimum absolute atomic E-state index is 1.05. The Morgan fingerprint density at radius 2 is 2.50 bits per heavy atom. The number of benzene rings is 1. The molecular formula is C8H7N2. The molecule has 1 aromatic carbocycles. The lowest BCUT2D eigenvalue weighted by atomic mass is 10.2. The van der Waals surface area contributed by atoms with Gasteiger partial charge in [0.05, 0.1) is 11.2 Å². The number of aryl methyl sites for hydroxylation is 1. The van der Waals surface area contributed by atoms with Crippen LogP contribution in [0.5, 0.6) is 0 Å². The fraction of sp³-hybridized carbons (Fsp3) is 0.125. The van der Waals surface area contributed by atoms with Crippen LogP contribution >= 0.6 is 0 Å². The smallest absolute Gasteiger partial charge is 0.0669 e. The van der Waals surface area contributed by atoms with Crippen molar-refractivity contribution in [3.05, 3.63) is 30.0 Å². The molecule has 1 radical (unpaired) electrons. The number of nitrogens with zero attached hydrogens (tertiary/aromatic N) is 1. The first-order chi connectivity index (χ1) is 4.88. The molecule has 2 heteroatoms. The molecule has 0 saturated carbocycles. The van der Waals surface area contributed by atoms with Crippen LogP contribution in [0.15, 0.2) is 18.2 Å². The second-order valence-electron chi connectivity index (χ2n) is 2.28. The van der Waals surface area contributed by atoms with Gasteiger partial charge >= 0.3 is 0 Å². The van der Waals surface area contributed by atoms with Gasteiger partial charge in [-0.3, -0.25) is 5.10 Å². The minimum Gasteiger partial charge on any atom is -0.278 e. The van der Waals surface area contributed by atoms with Gasteiger partial charge in [0, 0.05) is 5.39 Å². The van der Waals surface area contributed by atoms with Crippen molar-refractivity contribution in [2.24, 2.45) is 0 Å². The molecule has 2 nitrogen and oxygen atoms in total. The van der Waals surface area contributed by atoms with E-state index in [2.05, 4.69) is 16.3 Å². The number of H-pyrrole nitrogens is 1. The number of aromatic nitrogens is 2. The quantitative estimate of drug-likeness (QED) is 0.578. The summed E-state index contributed by atoms with van der Waals surface area (Å²) in [7, 11) is 0. The van der Waals surface area contributed by atoms with Crippen molar-refractivity contribution in [1.29, 1.82) is 0 Å². The van der Waals surface area contributed by atoms with Crippen LogP contribution < -0.4 is 0 Å². The molecule has 2 rings (SSSR count). The molecule has 10 heavy (non-hydrogen) atoms. The fourth-order valence-electron chi connectivity index (χ4n) is 1.04. The molecule has 0 aliphatic heterocycles. The average Bonchev–Trinajstić information content (AvgIpc) is 2.34. The van der Waals surface area contributed by atoms with Crippen molar-refractivity contribution in [3.63, 3.8) is 0 Å². The first kappa shape index (κ1) is 5.47. The zero-order valence-electron chi connectivity index (χ0n) is 5.68. The molecule has 0 atom stereocenters. The molecule has 0 aliphatic rings. The molecule has 1 heterocycles. The SMILES string of the molecule is Cc1n[nH]c2c[c]ccc12. The molecule has 0 unspecified atom stereocenters. The van der Waals surface area contributed by atoms with Crippen LogP contribution in [0.25, 0.3) is 10.9 Å². The maximum atomic E-state index is 4.05. The third kappa shape index (κ3) is 0.620. The van der Waals surface area contributed by atoms with Gasteiger partial charge in [-0.05, 0) is 19.1 Å². The monoisotopic (exact) mass is 131 g/mol. The number of aromatic amines is 1. The van der Waals surface area contributed by atoms with E-state index in [4.69, 9.17) is 0 Å². The van der Waals surface area contributed by atoms with Crippen molar-refractivity contribution < 1.29 is 0 Å². The Labute approximate surface area is 58.9 Å². The van der Waals surface area contributed by atoms with Gasteiger partial charge in [0.1, 0.15) is 0 Å². The van der Waals surface area contributed by atoms with E-state index in [1.165, 1.54) is 5.39 Å². The Morgan fingerprint density at radius 1 is 1.60 bits per heavy atom. The second kappa shape index (κ2) is 1.84. The van der Waals surface area contributed by atoms with Crippen molar-refractivity contribution >= 4 is 10.9 Å². The molecule has 0 spiro atoms. The van der Waals surface area contributed by atoms with E-state index in [1.54, 1.807) is 0 Å². The van der Waals surface area contributed by atoms with Gasteiger partial charge in [-0.1, -0.05) is 12.1 Å². The first-order valence-corrected chi connectivity index (χ1v) is 3.19. The lowest BCUT2D eigenvalue weighted by molar-refractivity contribution is 1.07. The Bertz CT molecular complexity index is 349. The molecule has 0 bridgehead atoms. The largest absolute Gasteiger partial charge is 0.278 e. The lowest BCUT2D eigenvalue weighted by Crippen LogP contribution is -1.67. The van der Waals surface area contributed by atoms with Crippen LogP contribution in [0.4, 0.5) is 0 Å². The highest BCUT2D eigenvalue weighted by Crippen LogP contribution is 2.12. The number of rotatable bonds is 0. The van der Waals surface area contributed by atoms with Crippen molar-refractivity contribution in [1.82, 2.24) is 10.2 Å². The summed E-state index contributed by atoms with van der Waals surface area (Å²) in [5.41, 5.74) is 2.10. The van der Waals surface area contributed by atoms with Crippen LogP contribution in [0.1, 0.15) is 5.69 Å². The highest BCUT2D eigenvalue weighted by Gasteiger charge is 1.96. The number of fused-ring (bicyclic) bond motifs is 1. The van der Waals surface area contributed by atoms with Gasteiger partial charge in [-0.15, -0.1) is 0 Å². The van der Waals surface area contributed by atoms with E-state index < -0.39 is 0 Å². The van der Waals surface area contributed by atoms with E-state index in [1.807, 2.05) is 25.1 Å². The maximum absolute atomic E-state index is 4.05. The van der Waals surface area contributed by atoms with Crippen molar-refractivity contribution in [2.75, 3.05) is 0 Å². The van der Waals surface area contributed by atoms with E-state index in [0.717, 1.165) is 11.2 Å². The third-order valence-electron chi connectivity index (χ3n) is 1.60. The van der Waals surface area contributed by atoms with Crippen LogP contribution in [0, 0.1) is 13.0 Å². The summed E-state index contributed by atoms with van der Waals surface area (Å²) >= 11 is 0. The molecule has 0 fully saturated rings. The second-order valence-corrected chi connectivity index (χ2v) is 2.28. The van der Waals surface area contributed by atoms with E-state index in [0.29, 0.717) is 0 Å². The summed E-state index contributed by atoms with van der Waals surface area (Å²) in [6.07, 6.45) is 0. The zero-order chi connectivity index (χ0) is 6.97. The van der Waals surface area contributed by atoms with Crippen molar-refractivity contribution in [2.45, 2.75) is 6.92 Å². The molecule has 0 saturated heterocycles. The molecule has 0 aliphatic carbocycles. The highest BCUT2D eigenvalue weighted by molar-refractivity contribution is 5.80. The predicted molar refractivity (Wildman–Crippen MR) is 39.7 cm³/mol. The number of nitrogens with one attached hydrogen (secondary N) is 1. The van der Waals surface area contributed by atoms with Crippen molar-refractivity contribution in [3.8, 4) is 0 Å². The summed E-state index contributed by atoms with van der Waals surface area (Å²) in [5, 5.41) is 8.14. The van der Waals surface area contributed by atoms with Gasteiger partial charge in [0.2, 0.25) is 0 Å². The van der Waals surface area contributed by atoms with Crippen LogP contribution in [-0.4, -0.2) is 10.2 Å². The molecular weight excluding hydrogens is 124 g/mol. The summed E-state index contributed by atoms with van der Waals surface area (Å²) < 4.78 is 0. The Morgan fingerprint density at radius 3 is 3.30 bits per heavy atom. The van der Waals surface area contributed by atoms with Crippen LogP contribution in [0.2, 0.25) is 0 Å². The highest BCUT2D eigenvalue weighted by atomic mass is 15.1. The Balaban J connectivity index is 2.93. The topological polar surface area (TPSA) is 28.7 Å². The summed E-state index contributed by atoms with van der Waals surface area (Å²) in [6.45, 7) is 1.98. The van der Waals surface area contributed by atoms with E-state index in [-0.39, 0.29) is 0 Å². The van der Waals surface area contributed by atoms with Gasteiger partial charge in [0.15, 0.2) is 0 Å².